The van der Waals surface area contributed by atoms with E-state index in [0.29, 0.717) is 21.4 Å². The smallest absolute Gasteiger partial charge is 0.253 e. The fourth-order valence-electron chi connectivity index (χ4n) is 1.78. The van der Waals surface area contributed by atoms with E-state index in [0.717, 1.165) is 12.8 Å². The molecule has 0 spiro atoms. The van der Waals surface area contributed by atoms with Gasteiger partial charge >= 0.3 is 0 Å². The van der Waals surface area contributed by atoms with Crippen LogP contribution in [0.1, 0.15) is 23.2 Å². The quantitative estimate of drug-likeness (QED) is 0.717. The highest BCUT2D eigenvalue weighted by atomic mass is 32.1. The summed E-state index contributed by atoms with van der Waals surface area (Å²) in [5.74, 6) is -0.717. The molecular weight excluding hydrogens is 241 g/mol. The maximum Gasteiger partial charge on any atom is 0.253 e. The summed E-state index contributed by atoms with van der Waals surface area (Å²) in [5.41, 5.74) is 1.35. The maximum absolute atomic E-state index is 13.4. The minimum atomic E-state index is -0.455. The van der Waals surface area contributed by atoms with E-state index < -0.39 is 5.82 Å². The molecule has 1 aliphatic carbocycles. The number of rotatable bonds is 2. The molecule has 2 aromatic rings. The highest BCUT2D eigenvalue weighted by Gasteiger charge is 2.25. The molecule has 0 atom stereocenters. The number of carbonyl (C=O) groups excluding carboxylic acids is 1. The van der Waals surface area contributed by atoms with Gasteiger partial charge in [-0.15, -0.1) is 0 Å². The van der Waals surface area contributed by atoms with Gasteiger partial charge in [0.25, 0.3) is 5.91 Å². The van der Waals surface area contributed by atoms with Crippen LogP contribution in [0.4, 0.5) is 4.39 Å². The van der Waals surface area contributed by atoms with Crippen LogP contribution in [0.15, 0.2) is 12.1 Å². The molecule has 1 saturated carbocycles. The van der Waals surface area contributed by atoms with E-state index in [1.54, 1.807) is 0 Å². The Labute approximate surface area is 101 Å². The number of H-pyrrole nitrogens is 2. The van der Waals surface area contributed by atoms with E-state index in [1.165, 1.54) is 12.1 Å². The summed E-state index contributed by atoms with van der Waals surface area (Å²) in [4.78, 5) is 17.6. The van der Waals surface area contributed by atoms with Gasteiger partial charge in [-0.1, -0.05) is 0 Å². The number of halogens is 1. The van der Waals surface area contributed by atoms with Gasteiger partial charge in [0.15, 0.2) is 4.77 Å². The molecule has 0 radical (unpaired) electrons. The molecule has 0 bridgehead atoms. The first-order chi connectivity index (χ1) is 8.13. The average Bonchev–Trinajstić information content (AvgIpc) is 2.98. The van der Waals surface area contributed by atoms with Crippen molar-refractivity contribution in [2.75, 3.05) is 0 Å². The molecule has 1 aliphatic rings. The van der Waals surface area contributed by atoms with Crippen molar-refractivity contribution in [2.24, 2.45) is 0 Å². The number of nitrogens with one attached hydrogen (secondary N) is 3. The largest absolute Gasteiger partial charge is 0.349 e. The molecule has 3 N–H and O–H groups in total. The molecule has 1 fully saturated rings. The predicted octanol–water partition coefficient (Wildman–Crippen LogP) is 2.26. The Morgan fingerprint density at radius 2 is 2.18 bits per heavy atom. The topological polar surface area (TPSA) is 60.7 Å². The summed E-state index contributed by atoms with van der Waals surface area (Å²) >= 11 is 4.94. The zero-order valence-electron chi connectivity index (χ0n) is 8.84. The first-order valence-electron chi connectivity index (χ1n) is 5.36. The highest BCUT2D eigenvalue weighted by molar-refractivity contribution is 7.71. The van der Waals surface area contributed by atoms with Crippen molar-refractivity contribution >= 4 is 29.2 Å². The van der Waals surface area contributed by atoms with Crippen molar-refractivity contribution in [3.05, 3.63) is 28.3 Å². The zero-order chi connectivity index (χ0) is 12.0. The Morgan fingerprint density at radius 3 is 2.88 bits per heavy atom. The number of carbonyl (C=O) groups is 1. The third kappa shape index (κ3) is 1.95. The second kappa shape index (κ2) is 3.66. The molecule has 1 aromatic heterocycles. The zero-order valence-corrected chi connectivity index (χ0v) is 9.66. The van der Waals surface area contributed by atoms with Crippen molar-refractivity contribution in [1.29, 1.82) is 0 Å². The van der Waals surface area contributed by atoms with Crippen LogP contribution in [0, 0.1) is 10.6 Å². The van der Waals surface area contributed by atoms with Gasteiger partial charge in [-0.25, -0.2) is 4.39 Å². The van der Waals surface area contributed by atoms with Crippen molar-refractivity contribution in [3.63, 3.8) is 0 Å². The van der Waals surface area contributed by atoms with Gasteiger partial charge in [-0.3, -0.25) is 4.79 Å². The van der Waals surface area contributed by atoms with E-state index in [4.69, 9.17) is 12.2 Å². The number of benzene rings is 1. The van der Waals surface area contributed by atoms with Crippen LogP contribution in [0.5, 0.6) is 0 Å². The van der Waals surface area contributed by atoms with Crippen LogP contribution in [0.3, 0.4) is 0 Å². The predicted molar refractivity (Wildman–Crippen MR) is 63.9 cm³/mol. The first-order valence-corrected chi connectivity index (χ1v) is 5.77. The highest BCUT2D eigenvalue weighted by Crippen LogP contribution is 2.22. The summed E-state index contributed by atoms with van der Waals surface area (Å²) in [6.07, 6.45) is 1.99. The Morgan fingerprint density at radius 1 is 1.41 bits per heavy atom. The van der Waals surface area contributed by atoms with E-state index in [-0.39, 0.29) is 11.9 Å². The lowest BCUT2D eigenvalue weighted by Crippen LogP contribution is -2.25. The number of aromatic nitrogens is 2. The molecule has 1 heterocycles. The molecule has 1 amide bonds. The lowest BCUT2D eigenvalue weighted by Gasteiger charge is -2.04. The van der Waals surface area contributed by atoms with Crippen molar-refractivity contribution in [1.82, 2.24) is 15.3 Å². The number of amides is 1. The second-order valence-electron chi connectivity index (χ2n) is 4.20. The Balaban J connectivity index is 2.12. The number of aromatic amines is 2. The number of hydrogen-bond donors (Lipinski definition) is 3. The molecule has 1 aromatic carbocycles. The third-order valence-corrected chi connectivity index (χ3v) is 2.95. The van der Waals surface area contributed by atoms with Crippen molar-refractivity contribution in [2.45, 2.75) is 18.9 Å². The van der Waals surface area contributed by atoms with Gasteiger partial charge in [0.2, 0.25) is 0 Å². The maximum atomic E-state index is 13.4. The molecule has 0 unspecified atom stereocenters. The molecule has 17 heavy (non-hydrogen) atoms. The molecule has 0 saturated heterocycles. The number of imidazole rings is 1. The van der Waals surface area contributed by atoms with Crippen LogP contribution in [0.2, 0.25) is 0 Å². The lowest BCUT2D eigenvalue weighted by molar-refractivity contribution is 0.0952. The number of fused-ring (bicyclic) bond motifs is 1. The van der Waals surface area contributed by atoms with E-state index in [2.05, 4.69) is 15.3 Å². The average molecular weight is 251 g/mol. The van der Waals surface area contributed by atoms with Crippen molar-refractivity contribution < 1.29 is 9.18 Å². The van der Waals surface area contributed by atoms with E-state index in [9.17, 15) is 9.18 Å². The second-order valence-corrected chi connectivity index (χ2v) is 4.61. The molecule has 3 rings (SSSR count). The van der Waals surface area contributed by atoms with Crippen LogP contribution < -0.4 is 5.32 Å². The van der Waals surface area contributed by atoms with Crippen LogP contribution in [0.25, 0.3) is 11.0 Å². The molecule has 88 valence electrons. The Kier molecular flexibility index (Phi) is 2.25. The Hall–Kier alpha value is -1.69. The van der Waals surface area contributed by atoms with E-state index in [1.807, 2.05) is 0 Å². The summed E-state index contributed by atoms with van der Waals surface area (Å²) in [7, 11) is 0. The van der Waals surface area contributed by atoms with Crippen LogP contribution >= 0.6 is 12.2 Å². The minimum absolute atomic E-state index is 0.239. The molecule has 6 heteroatoms. The van der Waals surface area contributed by atoms with E-state index >= 15 is 0 Å². The standard InChI is InChI=1S/C11H10FN3OS/c12-5-3-7(10(16)13-6-1-2-6)9-8(4-5)14-11(17)15-9/h3-4,6H,1-2H2,(H,13,16)(H2,14,15,17). The van der Waals surface area contributed by atoms with Crippen LogP contribution in [-0.2, 0) is 0 Å². The molecule has 0 aliphatic heterocycles. The third-order valence-electron chi connectivity index (χ3n) is 2.75. The SMILES string of the molecule is O=C(NC1CC1)c1cc(F)cc2[nH]c(=S)[nH]c12. The normalized spacial score (nSPS) is 15.1. The van der Waals surface area contributed by atoms with Gasteiger partial charge < -0.3 is 15.3 Å². The summed E-state index contributed by atoms with van der Waals surface area (Å²) in [6.45, 7) is 0. The summed E-state index contributed by atoms with van der Waals surface area (Å²) in [5, 5.41) is 2.83. The summed E-state index contributed by atoms with van der Waals surface area (Å²) in [6, 6.07) is 2.78. The minimum Gasteiger partial charge on any atom is -0.349 e. The molecule has 4 nitrogen and oxygen atoms in total. The lowest BCUT2D eigenvalue weighted by atomic mass is 10.1. The first kappa shape index (κ1) is 10.5. The van der Waals surface area contributed by atoms with Gasteiger partial charge in [0.05, 0.1) is 16.6 Å². The van der Waals surface area contributed by atoms with Gasteiger partial charge in [0.1, 0.15) is 5.82 Å². The fraction of sp³-hybridized carbons (Fsp3) is 0.273. The van der Waals surface area contributed by atoms with Crippen LogP contribution in [-0.4, -0.2) is 21.9 Å². The summed E-state index contributed by atoms with van der Waals surface area (Å²) < 4.78 is 13.8. The fourth-order valence-corrected chi connectivity index (χ4v) is 1.99. The van der Waals surface area contributed by atoms with Gasteiger partial charge in [0, 0.05) is 6.04 Å². The number of hydrogen-bond acceptors (Lipinski definition) is 2. The van der Waals surface area contributed by atoms with Gasteiger partial charge in [-0.2, -0.15) is 0 Å². The van der Waals surface area contributed by atoms with Gasteiger partial charge in [-0.05, 0) is 37.2 Å². The Bertz CT molecular complexity index is 656. The van der Waals surface area contributed by atoms with Crippen molar-refractivity contribution in [3.8, 4) is 0 Å². The monoisotopic (exact) mass is 251 g/mol. The molecular formula is C11H10FN3OS.